The molecule has 0 saturated carbocycles. The van der Waals surface area contributed by atoms with Crippen molar-refractivity contribution in [1.82, 2.24) is 14.3 Å². The summed E-state index contributed by atoms with van der Waals surface area (Å²) in [5.74, 6) is 3.42. The van der Waals surface area contributed by atoms with E-state index in [1.807, 2.05) is 33.5 Å². The molecule has 0 atom stereocenters. The van der Waals surface area contributed by atoms with Crippen LogP contribution in [0, 0.1) is 4.77 Å². The molecule has 2 aromatic rings. The first-order valence-corrected chi connectivity index (χ1v) is 11.7. The monoisotopic (exact) mass is 407 g/mol. The van der Waals surface area contributed by atoms with Crippen molar-refractivity contribution in [2.45, 2.75) is 64.8 Å². The highest BCUT2D eigenvalue weighted by molar-refractivity contribution is 7.99. The molecule has 0 aliphatic rings. The van der Waals surface area contributed by atoms with Crippen LogP contribution in [0.25, 0.3) is 5.69 Å². The van der Waals surface area contributed by atoms with E-state index >= 15 is 0 Å². The number of hydrogen-bond donors (Lipinski definition) is 0. The Balaban J connectivity index is 1.64. The zero-order valence-corrected chi connectivity index (χ0v) is 18.4. The summed E-state index contributed by atoms with van der Waals surface area (Å²) in [7, 11) is 1.67. The van der Waals surface area contributed by atoms with E-state index in [1.165, 1.54) is 56.5 Å². The summed E-state index contributed by atoms with van der Waals surface area (Å²) in [6, 6.07) is 7.89. The molecule has 1 aromatic carbocycles. The van der Waals surface area contributed by atoms with Crippen LogP contribution < -0.4 is 4.74 Å². The Morgan fingerprint density at radius 3 is 2.52 bits per heavy atom. The number of aromatic nitrogens is 3. The predicted octanol–water partition coefficient (Wildman–Crippen LogP) is 6.29. The lowest BCUT2D eigenvalue weighted by molar-refractivity contribution is 0.414. The fourth-order valence-corrected chi connectivity index (χ4v) is 4.29. The average Bonchev–Trinajstić information content (AvgIpc) is 3.06. The Kier molecular flexibility index (Phi) is 10.6. The van der Waals surface area contributed by atoms with E-state index < -0.39 is 0 Å². The summed E-state index contributed by atoms with van der Waals surface area (Å²) < 4.78 is 9.89. The minimum atomic E-state index is 0.740. The maximum absolute atomic E-state index is 5.58. The summed E-state index contributed by atoms with van der Waals surface area (Å²) in [6.07, 6.45) is 12.3. The van der Waals surface area contributed by atoms with Gasteiger partial charge in [-0.3, -0.25) is 4.57 Å². The van der Waals surface area contributed by atoms with Crippen molar-refractivity contribution in [2.24, 2.45) is 0 Å². The lowest BCUT2D eigenvalue weighted by Gasteiger charge is -2.05. The molecule has 0 amide bonds. The van der Waals surface area contributed by atoms with Crippen LogP contribution in [0.3, 0.4) is 0 Å². The number of ether oxygens (including phenoxy) is 1. The number of aryl methyl sites for hydroxylation is 1. The van der Waals surface area contributed by atoms with Crippen LogP contribution >= 0.6 is 24.0 Å². The van der Waals surface area contributed by atoms with Crippen molar-refractivity contribution in [3.8, 4) is 11.4 Å². The maximum atomic E-state index is 5.58. The molecule has 2 rings (SSSR count). The fourth-order valence-electron chi connectivity index (χ4n) is 2.98. The Labute approximate surface area is 173 Å². The van der Waals surface area contributed by atoms with E-state index in [4.69, 9.17) is 17.0 Å². The van der Waals surface area contributed by atoms with Crippen LogP contribution in [-0.2, 0) is 6.54 Å². The Morgan fingerprint density at radius 1 is 1.04 bits per heavy atom. The van der Waals surface area contributed by atoms with Crippen molar-refractivity contribution >= 4 is 24.0 Å². The lowest BCUT2D eigenvalue weighted by Crippen LogP contribution is -2.02. The van der Waals surface area contributed by atoms with Crippen molar-refractivity contribution < 1.29 is 4.74 Å². The largest absolute Gasteiger partial charge is 0.497 e. The van der Waals surface area contributed by atoms with Gasteiger partial charge in [0.15, 0.2) is 0 Å². The highest BCUT2D eigenvalue weighted by atomic mass is 32.2. The molecule has 6 heteroatoms. The fraction of sp³-hybridized carbons (Fsp3) is 0.619. The highest BCUT2D eigenvalue weighted by Crippen LogP contribution is 2.17. The Morgan fingerprint density at radius 2 is 1.78 bits per heavy atom. The quantitative estimate of drug-likeness (QED) is 0.272. The van der Waals surface area contributed by atoms with Gasteiger partial charge in [-0.05, 0) is 55.1 Å². The molecule has 0 aliphatic carbocycles. The van der Waals surface area contributed by atoms with E-state index in [2.05, 4.69) is 23.8 Å². The second kappa shape index (κ2) is 13.0. The summed E-state index contributed by atoms with van der Waals surface area (Å²) in [5.41, 5.74) is 0.987. The number of unbranched alkanes of at least 4 members (excludes halogenated alkanes) is 6. The van der Waals surface area contributed by atoms with Gasteiger partial charge in [-0.15, -0.1) is 0 Å². The zero-order valence-electron chi connectivity index (χ0n) is 16.7. The van der Waals surface area contributed by atoms with Crippen LogP contribution in [0.1, 0.15) is 58.3 Å². The van der Waals surface area contributed by atoms with Crippen molar-refractivity contribution in [3.05, 3.63) is 35.4 Å². The minimum Gasteiger partial charge on any atom is -0.497 e. The number of hydrogen-bond acceptors (Lipinski definition) is 4. The van der Waals surface area contributed by atoms with Gasteiger partial charge in [0.1, 0.15) is 12.1 Å². The third-order valence-electron chi connectivity index (χ3n) is 4.62. The van der Waals surface area contributed by atoms with E-state index in [9.17, 15) is 0 Å². The maximum Gasteiger partial charge on any atom is 0.202 e. The molecule has 27 heavy (non-hydrogen) atoms. The standard InChI is InChI=1S/C21H33N3OS2/c1-3-4-5-6-9-15-27-16-10-7-8-14-24-21(26)23(18-22-24)19-12-11-13-20(17-19)25-2/h11-13,17-18H,3-10,14-16H2,1-2H3. The van der Waals surface area contributed by atoms with Gasteiger partial charge in [0.25, 0.3) is 0 Å². The van der Waals surface area contributed by atoms with Crippen LogP contribution in [0.5, 0.6) is 5.75 Å². The third-order valence-corrected chi connectivity index (χ3v) is 6.18. The van der Waals surface area contributed by atoms with Gasteiger partial charge in [0.05, 0.1) is 12.8 Å². The zero-order chi connectivity index (χ0) is 19.3. The molecule has 1 heterocycles. The first-order valence-electron chi connectivity index (χ1n) is 10.1. The summed E-state index contributed by atoms with van der Waals surface area (Å²) >= 11 is 7.69. The molecule has 0 fully saturated rings. The third kappa shape index (κ3) is 7.70. The molecule has 0 saturated heterocycles. The van der Waals surface area contributed by atoms with Crippen molar-refractivity contribution in [2.75, 3.05) is 18.6 Å². The summed E-state index contributed by atoms with van der Waals surface area (Å²) in [4.78, 5) is 0. The number of nitrogens with zero attached hydrogens (tertiary/aromatic N) is 3. The molecule has 1 aromatic heterocycles. The molecule has 0 unspecified atom stereocenters. The van der Waals surface area contributed by atoms with Crippen LogP contribution in [0.15, 0.2) is 30.6 Å². The SMILES string of the molecule is CCCCCCCSCCCCCn1ncn(-c2cccc(OC)c2)c1=S. The Bertz CT molecular complexity index is 711. The summed E-state index contributed by atoms with van der Waals surface area (Å²) in [6.45, 7) is 3.16. The van der Waals surface area contributed by atoms with E-state index in [0.29, 0.717) is 0 Å². The van der Waals surface area contributed by atoms with Gasteiger partial charge in [0, 0.05) is 12.6 Å². The number of thioether (sulfide) groups is 1. The van der Waals surface area contributed by atoms with E-state index in [0.717, 1.165) is 29.2 Å². The van der Waals surface area contributed by atoms with Gasteiger partial charge in [0.2, 0.25) is 4.77 Å². The second-order valence-electron chi connectivity index (χ2n) is 6.80. The second-order valence-corrected chi connectivity index (χ2v) is 8.39. The van der Waals surface area contributed by atoms with Crippen LogP contribution in [-0.4, -0.2) is 33.0 Å². The topological polar surface area (TPSA) is 32.0 Å². The number of methoxy groups -OCH3 is 1. The molecular formula is C21H33N3OS2. The molecule has 0 spiro atoms. The molecule has 0 radical (unpaired) electrons. The van der Waals surface area contributed by atoms with Crippen LogP contribution in [0.2, 0.25) is 0 Å². The lowest BCUT2D eigenvalue weighted by atomic mass is 10.2. The smallest absolute Gasteiger partial charge is 0.202 e. The average molecular weight is 408 g/mol. The molecule has 0 aliphatic heterocycles. The summed E-state index contributed by atoms with van der Waals surface area (Å²) in [5, 5.41) is 4.46. The Hall–Kier alpha value is -1.27. The number of benzene rings is 1. The van der Waals surface area contributed by atoms with Gasteiger partial charge < -0.3 is 4.74 Å². The minimum absolute atomic E-state index is 0.740. The molecule has 4 nitrogen and oxygen atoms in total. The molecular weight excluding hydrogens is 374 g/mol. The van der Waals surface area contributed by atoms with Gasteiger partial charge >= 0.3 is 0 Å². The normalized spacial score (nSPS) is 11.0. The van der Waals surface area contributed by atoms with Crippen LogP contribution in [0.4, 0.5) is 0 Å². The van der Waals surface area contributed by atoms with E-state index in [-0.39, 0.29) is 0 Å². The number of rotatable bonds is 14. The molecule has 0 bridgehead atoms. The highest BCUT2D eigenvalue weighted by Gasteiger charge is 2.05. The van der Waals surface area contributed by atoms with Crippen molar-refractivity contribution in [1.29, 1.82) is 0 Å². The van der Waals surface area contributed by atoms with E-state index in [1.54, 1.807) is 13.4 Å². The van der Waals surface area contributed by atoms with Crippen molar-refractivity contribution in [3.63, 3.8) is 0 Å². The van der Waals surface area contributed by atoms with Gasteiger partial charge in [-0.2, -0.15) is 16.9 Å². The van der Waals surface area contributed by atoms with Gasteiger partial charge in [-0.1, -0.05) is 45.1 Å². The van der Waals surface area contributed by atoms with Gasteiger partial charge in [-0.25, -0.2) is 4.68 Å². The predicted molar refractivity (Wildman–Crippen MR) is 119 cm³/mol. The molecule has 150 valence electrons. The first kappa shape index (κ1) is 22.0. The first-order chi connectivity index (χ1) is 13.3. The molecule has 0 N–H and O–H groups in total.